The highest BCUT2D eigenvalue weighted by Gasteiger charge is 2.19. The van der Waals surface area contributed by atoms with E-state index in [0.717, 1.165) is 10.8 Å². The summed E-state index contributed by atoms with van der Waals surface area (Å²) in [7, 11) is 0. The predicted molar refractivity (Wildman–Crippen MR) is 79.3 cm³/mol. The van der Waals surface area contributed by atoms with Gasteiger partial charge in [0.15, 0.2) is 5.78 Å². The number of hydrogen-bond donors (Lipinski definition) is 0. The Hall–Kier alpha value is -2.07. The zero-order chi connectivity index (χ0) is 14.1. The quantitative estimate of drug-likeness (QED) is 0.653. The number of carbonyl (C=O) groups is 1. The zero-order valence-electron chi connectivity index (χ0n) is 10.3. The summed E-state index contributed by atoms with van der Waals surface area (Å²) in [6.45, 7) is 0. The van der Waals surface area contributed by atoms with Crippen molar-refractivity contribution in [3.8, 4) is 0 Å². The van der Waals surface area contributed by atoms with E-state index < -0.39 is 5.82 Å². The second kappa shape index (κ2) is 5.13. The van der Waals surface area contributed by atoms with Gasteiger partial charge in [-0.1, -0.05) is 30.3 Å². The van der Waals surface area contributed by atoms with Crippen molar-refractivity contribution in [2.45, 2.75) is 0 Å². The number of carbonyl (C=O) groups excluding carboxylic acids is 1. The largest absolute Gasteiger partial charge is 0.288 e. The van der Waals surface area contributed by atoms with E-state index in [1.807, 2.05) is 24.3 Å². The molecule has 3 aromatic rings. The van der Waals surface area contributed by atoms with Gasteiger partial charge in [-0.3, -0.25) is 9.78 Å². The molecule has 0 aliphatic carbocycles. The van der Waals surface area contributed by atoms with Gasteiger partial charge in [-0.2, -0.15) is 0 Å². The van der Waals surface area contributed by atoms with Gasteiger partial charge in [0.25, 0.3) is 0 Å². The van der Waals surface area contributed by atoms with Gasteiger partial charge in [0.05, 0.1) is 5.56 Å². The number of nitrogens with zero attached hydrogens (tertiary/aromatic N) is 1. The van der Waals surface area contributed by atoms with Gasteiger partial charge in [0.1, 0.15) is 5.82 Å². The first kappa shape index (κ1) is 12.9. The first-order valence-electron chi connectivity index (χ1n) is 6.00. The molecule has 4 heteroatoms. The van der Waals surface area contributed by atoms with Crippen LogP contribution in [0, 0.1) is 5.82 Å². The van der Waals surface area contributed by atoms with Crippen LogP contribution in [-0.2, 0) is 0 Å². The number of halogens is 2. The van der Waals surface area contributed by atoms with Crippen LogP contribution in [0.3, 0.4) is 0 Å². The third-order valence-electron chi connectivity index (χ3n) is 3.10. The fourth-order valence-electron chi connectivity index (χ4n) is 2.15. The van der Waals surface area contributed by atoms with Crippen LogP contribution < -0.4 is 0 Å². The van der Waals surface area contributed by atoms with Crippen LogP contribution in [0.25, 0.3) is 10.8 Å². The van der Waals surface area contributed by atoms with Gasteiger partial charge in [-0.25, -0.2) is 4.39 Å². The van der Waals surface area contributed by atoms with E-state index in [9.17, 15) is 9.18 Å². The lowest BCUT2D eigenvalue weighted by atomic mass is 9.99. The highest BCUT2D eigenvalue weighted by Crippen LogP contribution is 2.26. The highest BCUT2D eigenvalue weighted by atomic mass is 79.9. The van der Waals surface area contributed by atoms with Crippen molar-refractivity contribution in [1.29, 1.82) is 0 Å². The van der Waals surface area contributed by atoms with Gasteiger partial charge in [0, 0.05) is 27.8 Å². The summed E-state index contributed by atoms with van der Waals surface area (Å²) < 4.78 is 14.4. The van der Waals surface area contributed by atoms with Crippen LogP contribution in [0.1, 0.15) is 15.9 Å². The van der Waals surface area contributed by atoms with Crippen LogP contribution in [0.4, 0.5) is 4.39 Å². The number of pyridine rings is 1. The van der Waals surface area contributed by atoms with Crippen molar-refractivity contribution in [1.82, 2.24) is 4.98 Å². The molecule has 0 atom stereocenters. The van der Waals surface area contributed by atoms with Crippen LogP contribution >= 0.6 is 15.9 Å². The SMILES string of the molecule is O=C(c1c(F)cccc1Br)c1cncc2ccccc12. The lowest BCUT2D eigenvalue weighted by Gasteiger charge is -2.07. The number of benzene rings is 2. The topological polar surface area (TPSA) is 30.0 Å². The lowest BCUT2D eigenvalue weighted by molar-refractivity contribution is 0.103. The second-order valence-corrected chi connectivity index (χ2v) is 5.19. The Balaban J connectivity index is 2.24. The number of ketones is 1. The number of aromatic nitrogens is 1. The van der Waals surface area contributed by atoms with E-state index >= 15 is 0 Å². The van der Waals surface area contributed by atoms with Crippen LogP contribution in [0.2, 0.25) is 0 Å². The average molecular weight is 330 g/mol. The monoisotopic (exact) mass is 329 g/mol. The Kier molecular flexibility index (Phi) is 3.32. The molecule has 1 heterocycles. The van der Waals surface area contributed by atoms with Crippen molar-refractivity contribution in [3.63, 3.8) is 0 Å². The maximum absolute atomic E-state index is 13.9. The molecule has 98 valence electrons. The summed E-state index contributed by atoms with van der Waals surface area (Å²) in [5.74, 6) is -0.920. The summed E-state index contributed by atoms with van der Waals surface area (Å²) in [5, 5.41) is 1.62. The molecule has 0 N–H and O–H groups in total. The summed E-state index contributed by atoms with van der Waals surface area (Å²) >= 11 is 3.23. The Morgan fingerprint density at radius 3 is 2.65 bits per heavy atom. The van der Waals surface area contributed by atoms with Crippen LogP contribution in [-0.4, -0.2) is 10.8 Å². The zero-order valence-corrected chi connectivity index (χ0v) is 11.9. The fraction of sp³-hybridized carbons (Fsp3) is 0. The average Bonchev–Trinajstić information content (AvgIpc) is 2.46. The van der Waals surface area contributed by atoms with Crippen molar-refractivity contribution >= 4 is 32.5 Å². The van der Waals surface area contributed by atoms with Gasteiger partial charge in [-0.05, 0) is 33.4 Å². The Labute approximate surface area is 123 Å². The summed E-state index contributed by atoms with van der Waals surface area (Å²) in [6, 6.07) is 11.9. The van der Waals surface area contributed by atoms with E-state index in [1.165, 1.54) is 12.3 Å². The van der Waals surface area contributed by atoms with Crippen molar-refractivity contribution in [2.75, 3.05) is 0 Å². The molecule has 0 saturated carbocycles. The maximum atomic E-state index is 13.9. The Morgan fingerprint density at radius 2 is 1.85 bits per heavy atom. The Bertz CT molecular complexity index is 791. The molecule has 0 radical (unpaired) electrons. The lowest BCUT2D eigenvalue weighted by Crippen LogP contribution is -2.06. The molecule has 0 spiro atoms. The van der Waals surface area contributed by atoms with Crippen LogP contribution in [0.5, 0.6) is 0 Å². The molecule has 2 nitrogen and oxygen atoms in total. The fourth-order valence-corrected chi connectivity index (χ4v) is 2.67. The van der Waals surface area contributed by atoms with Crippen molar-refractivity contribution in [2.24, 2.45) is 0 Å². The molecule has 0 fully saturated rings. The molecule has 0 unspecified atom stereocenters. The molecule has 1 aromatic heterocycles. The molecule has 2 aromatic carbocycles. The minimum absolute atomic E-state index is 0.0330. The third-order valence-corrected chi connectivity index (χ3v) is 3.76. The van der Waals surface area contributed by atoms with E-state index in [-0.39, 0.29) is 11.3 Å². The Morgan fingerprint density at radius 1 is 1.05 bits per heavy atom. The molecule has 3 rings (SSSR count). The molecule has 0 bridgehead atoms. The number of rotatable bonds is 2. The molecule has 20 heavy (non-hydrogen) atoms. The van der Waals surface area contributed by atoms with Gasteiger partial charge in [0.2, 0.25) is 0 Å². The highest BCUT2D eigenvalue weighted by molar-refractivity contribution is 9.10. The maximum Gasteiger partial charge on any atom is 0.199 e. The molecule has 0 saturated heterocycles. The summed E-state index contributed by atoms with van der Waals surface area (Å²) in [5.41, 5.74) is 0.430. The van der Waals surface area contributed by atoms with Gasteiger partial charge >= 0.3 is 0 Å². The van der Waals surface area contributed by atoms with Gasteiger partial charge < -0.3 is 0 Å². The standard InChI is InChI=1S/C16H9BrFNO/c17-13-6-3-7-14(18)15(13)16(20)12-9-19-8-10-4-1-2-5-11(10)12/h1-9H. The summed E-state index contributed by atoms with van der Waals surface area (Å²) in [6.07, 6.45) is 3.16. The molecule has 0 amide bonds. The van der Waals surface area contributed by atoms with E-state index in [1.54, 1.807) is 18.3 Å². The minimum atomic E-state index is -0.544. The second-order valence-electron chi connectivity index (χ2n) is 4.33. The normalized spacial score (nSPS) is 10.7. The van der Waals surface area contributed by atoms with Crippen molar-refractivity contribution < 1.29 is 9.18 Å². The summed E-state index contributed by atoms with van der Waals surface area (Å²) in [4.78, 5) is 16.7. The first-order valence-corrected chi connectivity index (χ1v) is 6.79. The molecule has 0 aliphatic heterocycles. The van der Waals surface area contributed by atoms with E-state index in [2.05, 4.69) is 20.9 Å². The van der Waals surface area contributed by atoms with E-state index in [0.29, 0.717) is 10.0 Å². The number of fused-ring (bicyclic) bond motifs is 1. The van der Waals surface area contributed by atoms with Crippen molar-refractivity contribution in [3.05, 3.63) is 76.3 Å². The number of hydrogen-bond acceptors (Lipinski definition) is 2. The molecular formula is C16H9BrFNO. The van der Waals surface area contributed by atoms with E-state index in [4.69, 9.17) is 0 Å². The van der Waals surface area contributed by atoms with Gasteiger partial charge in [-0.15, -0.1) is 0 Å². The smallest absolute Gasteiger partial charge is 0.199 e. The molecular weight excluding hydrogens is 321 g/mol. The molecule has 0 aliphatic rings. The first-order chi connectivity index (χ1) is 9.68. The minimum Gasteiger partial charge on any atom is -0.288 e. The van der Waals surface area contributed by atoms with Crippen LogP contribution in [0.15, 0.2) is 59.3 Å². The predicted octanol–water partition coefficient (Wildman–Crippen LogP) is 4.37. The third kappa shape index (κ3) is 2.12.